The Balaban J connectivity index is 1.94. The molecule has 4 rings (SSSR count). The first-order valence-electron chi connectivity index (χ1n) is 10.9. The maximum atomic E-state index is 13.7. The molecule has 0 saturated carbocycles. The lowest BCUT2D eigenvalue weighted by Crippen LogP contribution is -2.39. The first-order valence-corrected chi connectivity index (χ1v) is 13.5. The van der Waals surface area contributed by atoms with E-state index in [0.717, 1.165) is 10.0 Å². The number of phenolic OH excluding ortho intramolecular Hbond substituents is 1. The Morgan fingerprint density at radius 2 is 1.97 bits per heavy atom. The van der Waals surface area contributed by atoms with Crippen LogP contribution in [0, 0.1) is 3.57 Å². The van der Waals surface area contributed by atoms with Gasteiger partial charge in [0, 0.05) is 10.0 Å². The summed E-state index contributed by atoms with van der Waals surface area (Å²) >= 11 is 6.68. The fraction of sp³-hybridized carbons (Fsp3) is 0.240. The van der Waals surface area contributed by atoms with Gasteiger partial charge in [-0.1, -0.05) is 39.4 Å². The minimum Gasteiger partial charge on any atom is -0.506 e. The molecule has 0 amide bonds. The number of thiazole rings is 1. The number of esters is 1. The van der Waals surface area contributed by atoms with Crippen LogP contribution in [-0.2, 0) is 9.53 Å². The SMILES string of the molecule is CCOC(=O)C1=C(C)N=c2sc(=Cc3cc(Br)cc(I)c3O)c(=O)n2[C@@H]1c1ccc(OCC)cc1. The van der Waals surface area contributed by atoms with Gasteiger partial charge in [-0.15, -0.1) is 0 Å². The highest BCUT2D eigenvalue weighted by atomic mass is 127. The number of aromatic nitrogens is 1. The van der Waals surface area contributed by atoms with Crippen LogP contribution >= 0.6 is 49.9 Å². The largest absolute Gasteiger partial charge is 0.506 e. The molecule has 0 fully saturated rings. The number of hydrogen-bond acceptors (Lipinski definition) is 7. The predicted molar refractivity (Wildman–Crippen MR) is 147 cm³/mol. The summed E-state index contributed by atoms with van der Waals surface area (Å²) in [6, 6.07) is 10.1. The van der Waals surface area contributed by atoms with Gasteiger partial charge in [-0.2, -0.15) is 0 Å². The number of phenols is 1. The second-order valence-electron chi connectivity index (χ2n) is 7.63. The molecule has 1 N–H and O–H groups in total. The molecule has 0 saturated heterocycles. The number of allylic oxidation sites excluding steroid dienone is 1. The Morgan fingerprint density at radius 1 is 1.26 bits per heavy atom. The van der Waals surface area contributed by atoms with Crippen molar-refractivity contribution in [2.24, 2.45) is 4.99 Å². The predicted octanol–water partition coefficient (Wildman–Crippen LogP) is 4.27. The second-order valence-corrected chi connectivity index (χ2v) is 10.7. The molecular weight excluding hydrogens is 647 g/mol. The molecule has 7 nitrogen and oxygen atoms in total. The highest BCUT2D eigenvalue weighted by molar-refractivity contribution is 14.1. The van der Waals surface area contributed by atoms with Crippen LogP contribution in [0.4, 0.5) is 0 Å². The lowest BCUT2D eigenvalue weighted by molar-refractivity contribution is -0.139. The molecule has 10 heteroatoms. The Morgan fingerprint density at radius 3 is 2.63 bits per heavy atom. The van der Waals surface area contributed by atoms with Gasteiger partial charge in [0.2, 0.25) is 0 Å². The van der Waals surface area contributed by atoms with E-state index in [4.69, 9.17) is 9.47 Å². The number of carbonyl (C=O) groups is 1. The van der Waals surface area contributed by atoms with Crippen LogP contribution in [0.2, 0.25) is 0 Å². The minimum absolute atomic E-state index is 0.0890. The molecule has 0 bridgehead atoms. The van der Waals surface area contributed by atoms with E-state index in [1.54, 1.807) is 32.1 Å². The summed E-state index contributed by atoms with van der Waals surface area (Å²) in [5.41, 5.74) is 1.74. The summed E-state index contributed by atoms with van der Waals surface area (Å²) < 4.78 is 14.2. The number of carbonyl (C=O) groups excluding carboxylic acids is 1. The van der Waals surface area contributed by atoms with Crippen LogP contribution in [0.1, 0.15) is 37.9 Å². The van der Waals surface area contributed by atoms with E-state index in [9.17, 15) is 14.7 Å². The maximum Gasteiger partial charge on any atom is 0.338 e. The molecule has 2 heterocycles. The summed E-state index contributed by atoms with van der Waals surface area (Å²) in [5, 5.41) is 10.5. The summed E-state index contributed by atoms with van der Waals surface area (Å²) in [6.45, 7) is 6.12. The fourth-order valence-electron chi connectivity index (χ4n) is 3.86. The molecule has 1 aliphatic rings. The summed E-state index contributed by atoms with van der Waals surface area (Å²) in [7, 11) is 0. The van der Waals surface area contributed by atoms with E-state index < -0.39 is 12.0 Å². The van der Waals surface area contributed by atoms with Crippen molar-refractivity contribution in [2.45, 2.75) is 26.8 Å². The standard InChI is InChI=1S/C25H22BrIN2O5S/c1-4-33-17-8-6-14(7-9-17)21-20(24(32)34-5-2)13(3)28-25-29(21)23(31)19(35-25)11-15-10-16(26)12-18(27)22(15)30/h6-12,21,30H,4-5H2,1-3H3/t21-/m1/s1. The molecule has 35 heavy (non-hydrogen) atoms. The van der Waals surface area contributed by atoms with Gasteiger partial charge in [0.15, 0.2) is 4.80 Å². The van der Waals surface area contributed by atoms with Gasteiger partial charge >= 0.3 is 5.97 Å². The molecule has 1 aromatic heterocycles. The molecular formula is C25H22BrIN2O5S. The van der Waals surface area contributed by atoms with Crippen molar-refractivity contribution >= 4 is 61.9 Å². The zero-order valence-corrected chi connectivity index (χ0v) is 23.7. The molecule has 182 valence electrons. The number of benzene rings is 2. The van der Waals surface area contributed by atoms with E-state index in [2.05, 4.69) is 20.9 Å². The normalized spacial score (nSPS) is 15.6. The molecule has 1 atom stereocenters. The third kappa shape index (κ3) is 5.10. The summed E-state index contributed by atoms with van der Waals surface area (Å²) in [4.78, 5) is 31.7. The van der Waals surface area contributed by atoms with Crippen molar-refractivity contribution in [3.63, 3.8) is 0 Å². The van der Waals surface area contributed by atoms with Gasteiger partial charge in [0.25, 0.3) is 5.56 Å². The van der Waals surface area contributed by atoms with Crippen molar-refractivity contribution in [1.82, 2.24) is 4.57 Å². The van der Waals surface area contributed by atoms with Gasteiger partial charge in [-0.25, -0.2) is 9.79 Å². The Labute approximate surface area is 227 Å². The van der Waals surface area contributed by atoms with E-state index in [1.807, 2.05) is 53.8 Å². The highest BCUT2D eigenvalue weighted by Gasteiger charge is 2.33. The number of nitrogens with zero attached hydrogens (tertiary/aromatic N) is 2. The smallest absolute Gasteiger partial charge is 0.338 e. The van der Waals surface area contributed by atoms with Gasteiger partial charge < -0.3 is 14.6 Å². The zero-order chi connectivity index (χ0) is 25.3. The van der Waals surface area contributed by atoms with E-state index in [-0.39, 0.29) is 17.9 Å². The average molecular weight is 669 g/mol. The van der Waals surface area contributed by atoms with Crippen molar-refractivity contribution in [3.05, 3.63) is 86.5 Å². The third-order valence-corrected chi connectivity index (χ3v) is 7.63. The third-order valence-electron chi connectivity index (χ3n) is 5.37. The zero-order valence-electron chi connectivity index (χ0n) is 19.2. The topological polar surface area (TPSA) is 90.1 Å². The fourth-order valence-corrected chi connectivity index (χ4v) is 6.44. The van der Waals surface area contributed by atoms with E-state index in [0.29, 0.717) is 42.1 Å². The molecule has 0 radical (unpaired) electrons. The van der Waals surface area contributed by atoms with E-state index >= 15 is 0 Å². The van der Waals surface area contributed by atoms with Crippen molar-refractivity contribution < 1.29 is 19.4 Å². The second kappa shape index (κ2) is 10.7. The van der Waals surface area contributed by atoms with Gasteiger partial charge in [-0.05, 0) is 79.3 Å². The Hall–Kier alpha value is -2.44. The number of hydrogen-bond donors (Lipinski definition) is 1. The van der Waals surface area contributed by atoms with Gasteiger partial charge in [0.1, 0.15) is 11.5 Å². The highest BCUT2D eigenvalue weighted by Crippen LogP contribution is 2.32. The Bertz CT molecular complexity index is 1510. The lowest BCUT2D eigenvalue weighted by Gasteiger charge is -2.24. The molecule has 0 aliphatic carbocycles. The molecule has 2 aromatic carbocycles. The first kappa shape index (κ1) is 25.6. The Kier molecular flexibility index (Phi) is 7.82. The molecule has 3 aromatic rings. The van der Waals surface area contributed by atoms with Crippen LogP contribution in [-0.4, -0.2) is 28.9 Å². The number of fused-ring (bicyclic) bond motifs is 1. The van der Waals surface area contributed by atoms with Crippen LogP contribution in [0.5, 0.6) is 11.5 Å². The quantitative estimate of drug-likeness (QED) is 0.313. The van der Waals surface area contributed by atoms with E-state index in [1.165, 1.54) is 15.9 Å². The summed E-state index contributed by atoms with van der Waals surface area (Å²) in [6.07, 6.45) is 1.64. The number of aromatic hydroxyl groups is 1. The summed E-state index contributed by atoms with van der Waals surface area (Å²) in [5.74, 6) is 0.272. The number of rotatable bonds is 6. The van der Waals surface area contributed by atoms with Crippen LogP contribution < -0.4 is 19.6 Å². The molecule has 0 spiro atoms. The van der Waals surface area contributed by atoms with Crippen molar-refractivity contribution in [2.75, 3.05) is 13.2 Å². The van der Waals surface area contributed by atoms with Crippen molar-refractivity contribution in [3.8, 4) is 11.5 Å². The maximum absolute atomic E-state index is 13.7. The van der Waals surface area contributed by atoms with Gasteiger partial charge in [-0.3, -0.25) is 9.36 Å². The lowest BCUT2D eigenvalue weighted by atomic mass is 9.96. The average Bonchev–Trinajstić information content (AvgIpc) is 3.11. The molecule has 1 aliphatic heterocycles. The van der Waals surface area contributed by atoms with Gasteiger partial charge in [0.05, 0.1) is 38.6 Å². The number of halogens is 2. The molecule has 0 unspecified atom stereocenters. The van der Waals surface area contributed by atoms with Crippen molar-refractivity contribution in [1.29, 1.82) is 0 Å². The van der Waals surface area contributed by atoms with Crippen LogP contribution in [0.3, 0.4) is 0 Å². The number of ether oxygens (including phenoxy) is 2. The monoisotopic (exact) mass is 668 g/mol. The van der Waals surface area contributed by atoms with Crippen LogP contribution in [0.25, 0.3) is 6.08 Å². The minimum atomic E-state index is -0.709. The first-order chi connectivity index (χ1) is 16.7. The van der Waals surface area contributed by atoms with Crippen LogP contribution in [0.15, 0.2) is 61.9 Å².